The van der Waals surface area contributed by atoms with Crippen LogP contribution in [-0.4, -0.2) is 36.1 Å². The van der Waals surface area contributed by atoms with Gasteiger partial charge in [-0.2, -0.15) is 0 Å². The predicted octanol–water partition coefficient (Wildman–Crippen LogP) is 3.66. The Morgan fingerprint density at radius 3 is 2.56 bits per heavy atom. The van der Waals surface area contributed by atoms with Crippen LogP contribution in [0.2, 0.25) is 0 Å². The second kappa shape index (κ2) is 8.16. The molecule has 0 aliphatic carbocycles. The molecule has 1 aliphatic heterocycles. The summed E-state index contributed by atoms with van der Waals surface area (Å²) >= 11 is 0. The van der Waals surface area contributed by atoms with E-state index in [-0.39, 0.29) is 0 Å². The second-order valence-electron chi connectivity index (χ2n) is 6.36. The van der Waals surface area contributed by atoms with Crippen molar-refractivity contribution in [2.24, 2.45) is 5.92 Å². The maximum Gasteiger partial charge on any atom is 0.00940 e. The summed E-state index contributed by atoms with van der Waals surface area (Å²) in [6.07, 6.45) is 6.57. The number of piperidine rings is 1. The highest BCUT2D eigenvalue weighted by atomic mass is 15.2. The van der Waals surface area contributed by atoms with Crippen molar-refractivity contribution in [2.75, 3.05) is 13.1 Å². The Kier molecular flexibility index (Phi) is 7.25. The third kappa shape index (κ3) is 4.89. The van der Waals surface area contributed by atoms with Gasteiger partial charge < -0.3 is 5.32 Å². The standard InChI is InChI=1S/C16H34N2/c1-6-9-17-16-8-10-18(15(5)12-16)14(4)11-13(3)7-2/h13-17H,6-12H2,1-5H3. The molecule has 0 saturated carbocycles. The molecule has 0 spiro atoms. The Hall–Kier alpha value is -0.0800. The number of nitrogens with one attached hydrogen (secondary N) is 1. The van der Waals surface area contributed by atoms with Crippen molar-refractivity contribution in [3.8, 4) is 0 Å². The van der Waals surface area contributed by atoms with Gasteiger partial charge in [0, 0.05) is 24.7 Å². The molecule has 1 fully saturated rings. The largest absolute Gasteiger partial charge is 0.314 e. The van der Waals surface area contributed by atoms with Gasteiger partial charge >= 0.3 is 0 Å². The van der Waals surface area contributed by atoms with Crippen LogP contribution < -0.4 is 5.32 Å². The highest BCUT2D eigenvalue weighted by Gasteiger charge is 2.28. The van der Waals surface area contributed by atoms with E-state index in [1.807, 2.05) is 0 Å². The fraction of sp³-hybridized carbons (Fsp3) is 1.00. The second-order valence-corrected chi connectivity index (χ2v) is 6.36. The first-order valence-corrected chi connectivity index (χ1v) is 8.07. The molecular weight excluding hydrogens is 220 g/mol. The van der Waals surface area contributed by atoms with Gasteiger partial charge in [0.05, 0.1) is 0 Å². The molecule has 0 bridgehead atoms. The Balaban J connectivity index is 2.36. The minimum absolute atomic E-state index is 0.743. The first kappa shape index (κ1) is 16.0. The van der Waals surface area contributed by atoms with Crippen LogP contribution in [0.15, 0.2) is 0 Å². The van der Waals surface area contributed by atoms with Crippen LogP contribution >= 0.6 is 0 Å². The molecule has 2 nitrogen and oxygen atoms in total. The van der Waals surface area contributed by atoms with E-state index in [4.69, 9.17) is 0 Å². The van der Waals surface area contributed by atoms with Crippen LogP contribution in [0.3, 0.4) is 0 Å². The summed E-state index contributed by atoms with van der Waals surface area (Å²) in [6, 6.07) is 2.25. The molecule has 1 aliphatic rings. The molecule has 2 heteroatoms. The number of rotatable bonds is 7. The predicted molar refractivity (Wildman–Crippen MR) is 81.0 cm³/mol. The van der Waals surface area contributed by atoms with Crippen LogP contribution in [0.5, 0.6) is 0 Å². The lowest BCUT2D eigenvalue weighted by Gasteiger charge is -2.42. The van der Waals surface area contributed by atoms with Gasteiger partial charge in [-0.1, -0.05) is 27.2 Å². The van der Waals surface area contributed by atoms with E-state index in [9.17, 15) is 0 Å². The number of hydrogen-bond acceptors (Lipinski definition) is 2. The minimum Gasteiger partial charge on any atom is -0.314 e. The lowest BCUT2D eigenvalue weighted by molar-refractivity contribution is 0.0837. The molecule has 1 N–H and O–H groups in total. The van der Waals surface area contributed by atoms with Gasteiger partial charge in [-0.05, 0) is 52.0 Å². The van der Waals surface area contributed by atoms with Crippen LogP contribution in [0.1, 0.15) is 66.7 Å². The van der Waals surface area contributed by atoms with Gasteiger partial charge in [0.1, 0.15) is 0 Å². The maximum atomic E-state index is 3.69. The summed E-state index contributed by atoms with van der Waals surface area (Å²) < 4.78 is 0. The molecule has 0 aromatic heterocycles. The lowest BCUT2D eigenvalue weighted by Crippen LogP contribution is -2.51. The van der Waals surface area contributed by atoms with Gasteiger partial charge in [0.2, 0.25) is 0 Å². The fourth-order valence-corrected chi connectivity index (χ4v) is 3.26. The topological polar surface area (TPSA) is 15.3 Å². The molecule has 0 aromatic carbocycles. The fourth-order valence-electron chi connectivity index (χ4n) is 3.26. The summed E-state index contributed by atoms with van der Waals surface area (Å²) in [5.41, 5.74) is 0. The highest BCUT2D eigenvalue weighted by molar-refractivity contribution is 4.85. The van der Waals surface area contributed by atoms with E-state index in [1.165, 1.54) is 45.2 Å². The number of hydrogen-bond donors (Lipinski definition) is 1. The lowest BCUT2D eigenvalue weighted by atomic mass is 9.93. The van der Waals surface area contributed by atoms with Crippen LogP contribution in [0, 0.1) is 5.92 Å². The number of likely N-dealkylation sites (tertiary alicyclic amines) is 1. The minimum atomic E-state index is 0.743. The smallest absolute Gasteiger partial charge is 0.00940 e. The van der Waals surface area contributed by atoms with Crippen LogP contribution in [0.25, 0.3) is 0 Å². The summed E-state index contributed by atoms with van der Waals surface area (Å²) in [5, 5.41) is 3.69. The summed E-state index contributed by atoms with van der Waals surface area (Å²) in [4.78, 5) is 2.73. The SMILES string of the molecule is CCCNC1CCN(C(C)CC(C)CC)C(C)C1. The molecule has 18 heavy (non-hydrogen) atoms. The van der Waals surface area contributed by atoms with Gasteiger partial charge in [-0.3, -0.25) is 4.90 Å². The molecule has 0 radical (unpaired) electrons. The normalized spacial score (nSPS) is 29.2. The first-order valence-electron chi connectivity index (χ1n) is 8.07. The average Bonchev–Trinajstić information content (AvgIpc) is 2.36. The van der Waals surface area contributed by atoms with Crippen molar-refractivity contribution >= 4 is 0 Å². The van der Waals surface area contributed by atoms with E-state index in [1.54, 1.807) is 0 Å². The van der Waals surface area contributed by atoms with E-state index in [0.29, 0.717) is 0 Å². The van der Waals surface area contributed by atoms with Crippen molar-refractivity contribution in [1.29, 1.82) is 0 Å². The quantitative estimate of drug-likeness (QED) is 0.746. The summed E-state index contributed by atoms with van der Waals surface area (Å²) in [6.45, 7) is 14.2. The van der Waals surface area contributed by atoms with Gasteiger partial charge in [-0.15, -0.1) is 0 Å². The zero-order chi connectivity index (χ0) is 13.5. The molecular formula is C16H34N2. The number of nitrogens with zero attached hydrogens (tertiary/aromatic N) is 1. The third-order valence-electron chi connectivity index (χ3n) is 4.62. The van der Waals surface area contributed by atoms with E-state index in [2.05, 4.69) is 44.8 Å². The summed E-state index contributed by atoms with van der Waals surface area (Å²) in [7, 11) is 0. The molecule has 4 atom stereocenters. The molecule has 108 valence electrons. The van der Waals surface area contributed by atoms with E-state index in [0.717, 1.165) is 24.0 Å². The van der Waals surface area contributed by atoms with Crippen molar-refractivity contribution in [1.82, 2.24) is 10.2 Å². The monoisotopic (exact) mass is 254 g/mol. The zero-order valence-electron chi connectivity index (χ0n) is 13.2. The Labute approximate surface area is 115 Å². The third-order valence-corrected chi connectivity index (χ3v) is 4.62. The van der Waals surface area contributed by atoms with E-state index < -0.39 is 0 Å². The molecule has 1 saturated heterocycles. The first-order chi connectivity index (χ1) is 8.58. The van der Waals surface area contributed by atoms with Crippen molar-refractivity contribution in [2.45, 2.75) is 84.8 Å². The molecule has 0 aromatic rings. The Bertz CT molecular complexity index is 217. The average molecular weight is 254 g/mol. The van der Waals surface area contributed by atoms with Crippen molar-refractivity contribution in [3.63, 3.8) is 0 Å². The van der Waals surface area contributed by atoms with Gasteiger partial charge in [0.15, 0.2) is 0 Å². The van der Waals surface area contributed by atoms with Gasteiger partial charge in [-0.25, -0.2) is 0 Å². The summed E-state index contributed by atoms with van der Waals surface area (Å²) in [5.74, 6) is 0.864. The van der Waals surface area contributed by atoms with Crippen molar-refractivity contribution < 1.29 is 0 Å². The van der Waals surface area contributed by atoms with Crippen LogP contribution in [0.4, 0.5) is 0 Å². The van der Waals surface area contributed by atoms with E-state index >= 15 is 0 Å². The molecule has 1 heterocycles. The Morgan fingerprint density at radius 1 is 1.28 bits per heavy atom. The van der Waals surface area contributed by atoms with Crippen LogP contribution in [-0.2, 0) is 0 Å². The highest BCUT2D eigenvalue weighted by Crippen LogP contribution is 2.23. The molecule has 1 rings (SSSR count). The molecule has 0 amide bonds. The van der Waals surface area contributed by atoms with Gasteiger partial charge in [0.25, 0.3) is 0 Å². The van der Waals surface area contributed by atoms with Crippen molar-refractivity contribution in [3.05, 3.63) is 0 Å². The zero-order valence-corrected chi connectivity index (χ0v) is 13.2. The molecule has 4 unspecified atom stereocenters. The maximum absolute atomic E-state index is 3.69. The Morgan fingerprint density at radius 2 is 2.00 bits per heavy atom.